The number of benzene rings is 1. The second-order valence-electron chi connectivity index (χ2n) is 4.05. The minimum atomic E-state index is 0.106. The molecule has 1 aromatic carbocycles. The van der Waals surface area contributed by atoms with Gasteiger partial charge in [-0.05, 0) is 37.5 Å². The van der Waals surface area contributed by atoms with Crippen LogP contribution in [0.3, 0.4) is 0 Å². The summed E-state index contributed by atoms with van der Waals surface area (Å²) < 4.78 is 5.36. The SMILES string of the molecule is CCCC(=O)NCCc1ccc(OCC)c(Cl)c1. The number of ether oxygens (including phenoxy) is 1. The molecule has 0 fully saturated rings. The molecule has 0 aliphatic heterocycles. The monoisotopic (exact) mass is 269 g/mol. The number of carbonyl (C=O) groups is 1. The molecule has 0 bridgehead atoms. The Morgan fingerprint density at radius 2 is 2.17 bits per heavy atom. The van der Waals surface area contributed by atoms with Gasteiger partial charge in [-0.1, -0.05) is 24.6 Å². The van der Waals surface area contributed by atoms with Crippen molar-refractivity contribution in [1.82, 2.24) is 5.32 Å². The average Bonchev–Trinajstić information content (AvgIpc) is 2.33. The molecule has 0 saturated heterocycles. The Morgan fingerprint density at radius 3 is 2.78 bits per heavy atom. The van der Waals surface area contributed by atoms with Gasteiger partial charge in [0.25, 0.3) is 0 Å². The second kappa shape index (κ2) is 7.98. The van der Waals surface area contributed by atoms with E-state index in [4.69, 9.17) is 16.3 Å². The number of amides is 1. The Hall–Kier alpha value is -1.22. The summed E-state index contributed by atoms with van der Waals surface area (Å²) in [5.74, 6) is 0.812. The summed E-state index contributed by atoms with van der Waals surface area (Å²) in [5, 5.41) is 3.50. The fourth-order valence-corrected chi connectivity index (χ4v) is 1.89. The van der Waals surface area contributed by atoms with Crippen molar-refractivity contribution < 1.29 is 9.53 Å². The van der Waals surface area contributed by atoms with E-state index in [-0.39, 0.29) is 5.91 Å². The molecule has 18 heavy (non-hydrogen) atoms. The Kier molecular flexibility index (Phi) is 6.58. The van der Waals surface area contributed by atoms with Gasteiger partial charge < -0.3 is 10.1 Å². The van der Waals surface area contributed by atoms with E-state index in [0.29, 0.717) is 30.3 Å². The predicted octanol–water partition coefficient (Wildman–Crippen LogP) is 3.20. The standard InChI is InChI=1S/C14H20ClNO2/c1-3-5-14(17)16-9-8-11-6-7-13(18-4-2)12(15)10-11/h6-7,10H,3-5,8-9H2,1-2H3,(H,16,17). The molecule has 0 atom stereocenters. The van der Waals surface area contributed by atoms with Gasteiger partial charge in [0.15, 0.2) is 0 Å². The molecule has 0 unspecified atom stereocenters. The van der Waals surface area contributed by atoms with Gasteiger partial charge in [0.1, 0.15) is 5.75 Å². The number of nitrogens with one attached hydrogen (secondary N) is 1. The Bertz CT molecular complexity index is 393. The predicted molar refractivity (Wildman–Crippen MR) is 74.2 cm³/mol. The molecule has 0 spiro atoms. The van der Waals surface area contributed by atoms with Crippen molar-refractivity contribution in [1.29, 1.82) is 0 Å². The molecule has 4 heteroatoms. The van der Waals surface area contributed by atoms with Crippen molar-refractivity contribution in [3.8, 4) is 5.75 Å². The second-order valence-corrected chi connectivity index (χ2v) is 4.45. The molecular formula is C14H20ClNO2. The molecule has 1 N–H and O–H groups in total. The summed E-state index contributed by atoms with van der Waals surface area (Å²) >= 11 is 6.09. The fraction of sp³-hybridized carbons (Fsp3) is 0.500. The zero-order valence-electron chi connectivity index (χ0n) is 11.0. The lowest BCUT2D eigenvalue weighted by atomic mass is 10.1. The highest BCUT2D eigenvalue weighted by Gasteiger charge is 2.03. The molecule has 1 rings (SSSR count). The smallest absolute Gasteiger partial charge is 0.219 e. The normalized spacial score (nSPS) is 10.2. The number of hydrogen-bond acceptors (Lipinski definition) is 2. The van der Waals surface area contributed by atoms with E-state index < -0.39 is 0 Å². The van der Waals surface area contributed by atoms with Crippen LogP contribution in [0.4, 0.5) is 0 Å². The van der Waals surface area contributed by atoms with E-state index in [0.717, 1.165) is 18.4 Å². The number of carbonyl (C=O) groups excluding carboxylic acids is 1. The first-order valence-electron chi connectivity index (χ1n) is 6.35. The third kappa shape index (κ3) is 4.96. The van der Waals surface area contributed by atoms with Gasteiger partial charge in [0.05, 0.1) is 11.6 Å². The van der Waals surface area contributed by atoms with E-state index in [1.54, 1.807) is 0 Å². The van der Waals surface area contributed by atoms with Crippen molar-refractivity contribution in [2.45, 2.75) is 33.1 Å². The van der Waals surface area contributed by atoms with Crippen molar-refractivity contribution in [2.24, 2.45) is 0 Å². The minimum absolute atomic E-state index is 0.106. The van der Waals surface area contributed by atoms with Gasteiger partial charge >= 0.3 is 0 Å². The summed E-state index contributed by atoms with van der Waals surface area (Å²) in [6, 6.07) is 5.73. The van der Waals surface area contributed by atoms with Crippen LogP contribution in [0, 0.1) is 0 Å². The topological polar surface area (TPSA) is 38.3 Å². The zero-order valence-corrected chi connectivity index (χ0v) is 11.7. The maximum absolute atomic E-state index is 11.3. The van der Waals surface area contributed by atoms with Crippen molar-refractivity contribution in [3.63, 3.8) is 0 Å². The van der Waals surface area contributed by atoms with Crippen LogP contribution in [0.1, 0.15) is 32.3 Å². The van der Waals surface area contributed by atoms with Gasteiger partial charge in [-0.3, -0.25) is 4.79 Å². The fourth-order valence-electron chi connectivity index (χ4n) is 1.63. The van der Waals surface area contributed by atoms with Gasteiger partial charge in [-0.25, -0.2) is 0 Å². The maximum Gasteiger partial charge on any atom is 0.219 e. The van der Waals surface area contributed by atoms with Crippen LogP contribution in [-0.2, 0) is 11.2 Å². The molecule has 0 aliphatic rings. The van der Waals surface area contributed by atoms with Crippen LogP contribution < -0.4 is 10.1 Å². The molecule has 1 aromatic rings. The van der Waals surface area contributed by atoms with Crippen LogP contribution in [0.15, 0.2) is 18.2 Å². The van der Waals surface area contributed by atoms with E-state index in [2.05, 4.69) is 5.32 Å². The van der Waals surface area contributed by atoms with Gasteiger partial charge in [0, 0.05) is 13.0 Å². The summed E-state index contributed by atoms with van der Waals surface area (Å²) in [5.41, 5.74) is 1.10. The van der Waals surface area contributed by atoms with Gasteiger partial charge in [0.2, 0.25) is 5.91 Å². The van der Waals surface area contributed by atoms with Crippen molar-refractivity contribution in [2.75, 3.05) is 13.2 Å². The molecule has 0 radical (unpaired) electrons. The van der Waals surface area contributed by atoms with Crippen LogP contribution >= 0.6 is 11.6 Å². The van der Waals surface area contributed by atoms with Gasteiger partial charge in [-0.2, -0.15) is 0 Å². The number of rotatable bonds is 7. The third-order valence-electron chi connectivity index (χ3n) is 2.51. The first-order chi connectivity index (χ1) is 8.67. The highest BCUT2D eigenvalue weighted by molar-refractivity contribution is 6.32. The molecular weight excluding hydrogens is 250 g/mol. The van der Waals surface area contributed by atoms with Crippen LogP contribution in [0.5, 0.6) is 5.75 Å². The molecule has 0 aliphatic carbocycles. The summed E-state index contributed by atoms with van der Waals surface area (Å²) in [4.78, 5) is 11.3. The van der Waals surface area contributed by atoms with E-state index in [1.165, 1.54) is 0 Å². The van der Waals surface area contributed by atoms with Gasteiger partial charge in [-0.15, -0.1) is 0 Å². The van der Waals surface area contributed by atoms with E-state index in [1.807, 2.05) is 32.0 Å². The van der Waals surface area contributed by atoms with Crippen LogP contribution in [0.2, 0.25) is 5.02 Å². The summed E-state index contributed by atoms with van der Waals surface area (Å²) in [6.07, 6.45) is 2.24. The lowest BCUT2D eigenvalue weighted by Crippen LogP contribution is -2.25. The lowest BCUT2D eigenvalue weighted by Gasteiger charge is -2.08. The Morgan fingerprint density at radius 1 is 1.39 bits per heavy atom. The van der Waals surface area contributed by atoms with Crippen LogP contribution in [0.25, 0.3) is 0 Å². The maximum atomic E-state index is 11.3. The van der Waals surface area contributed by atoms with E-state index in [9.17, 15) is 4.79 Å². The summed E-state index contributed by atoms with van der Waals surface area (Å²) in [6.45, 7) is 5.16. The Labute approximate surface area is 113 Å². The van der Waals surface area contributed by atoms with Crippen LogP contribution in [-0.4, -0.2) is 19.1 Å². The molecule has 1 amide bonds. The number of hydrogen-bond donors (Lipinski definition) is 1. The van der Waals surface area contributed by atoms with E-state index >= 15 is 0 Å². The molecule has 0 saturated carbocycles. The number of halogens is 1. The highest BCUT2D eigenvalue weighted by Crippen LogP contribution is 2.25. The lowest BCUT2D eigenvalue weighted by molar-refractivity contribution is -0.121. The quantitative estimate of drug-likeness (QED) is 0.826. The average molecular weight is 270 g/mol. The highest BCUT2D eigenvalue weighted by atomic mass is 35.5. The molecule has 0 aromatic heterocycles. The first-order valence-corrected chi connectivity index (χ1v) is 6.73. The molecule has 3 nitrogen and oxygen atoms in total. The Balaban J connectivity index is 2.43. The summed E-state index contributed by atoms with van der Waals surface area (Å²) in [7, 11) is 0. The zero-order chi connectivity index (χ0) is 13.4. The minimum Gasteiger partial charge on any atom is -0.492 e. The van der Waals surface area contributed by atoms with Crippen molar-refractivity contribution in [3.05, 3.63) is 28.8 Å². The largest absolute Gasteiger partial charge is 0.492 e. The molecule has 0 heterocycles. The first kappa shape index (κ1) is 14.8. The third-order valence-corrected chi connectivity index (χ3v) is 2.80. The molecule has 100 valence electrons. The van der Waals surface area contributed by atoms with Crippen molar-refractivity contribution >= 4 is 17.5 Å².